The van der Waals surface area contributed by atoms with Crippen molar-refractivity contribution in [2.24, 2.45) is 0 Å². The Bertz CT molecular complexity index is 526. The van der Waals surface area contributed by atoms with Gasteiger partial charge in [0.25, 0.3) is 0 Å². The number of rotatable bonds is 6. The molecule has 106 valence electrons. The predicted octanol–water partition coefficient (Wildman–Crippen LogP) is 3.73. The molecule has 0 bridgehead atoms. The second-order valence-corrected chi connectivity index (χ2v) is 5.52. The van der Waals surface area contributed by atoms with Gasteiger partial charge in [-0.25, -0.2) is 0 Å². The summed E-state index contributed by atoms with van der Waals surface area (Å²) < 4.78 is 0. The fraction of sp³-hybridized carbons (Fsp3) is 0.294. The van der Waals surface area contributed by atoms with Crippen LogP contribution >= 0.6 is 11.6 Å². The van der Waals surface area contributed by atoms with E-state index in [2.05, 4.69) is 54.6 Å². The first-order valence-corrected chi connectivity index (χ1v) is 7.22. The normalized spacial score (nSPS) is 12.6. The molecule has 2 aromatic carbocycles. The lowest BCUT2D eigenvalue weighted by atomic mass is 10.1. The maximum Gasteiger partial charge on any atom is 0.0481 e. The van der Waals surface area contributed by atoms with Crippen LogP contribution in [0.5, 0.6) is 0 Å². The van der Waals surface area contributed by atoms with E-state index in [9.17, 15) is 0 Å². The summed E-state index contributed by atoms with van der Waals surface area (Å²) in [5, 5.41) is 4.34. The average molecular weight is 289 g/mol. The Hall–Kier alpha value is -1.35. The number of nitrogens with zero attached hydrogens (tertiary/aromatic N) is 1. The molecule has 0 heterocycles. The number of likely N-dealkylation sites (N-methyl/N-ethyl adjacent to an activating group) is 1. The van der Waals surface area contributed by atoms with Gasteiger partial charge in [-0.2, -0.15) is 0 Å². The van der Waals surface area contributed by atoms with Crippen LogP contribution in [0.4, 0.5) is 0 Å². The summed E-state index contributed by atoms with van der Waals surface area (Å²) in [7, 11) is 4.16. The van der Waals surface area contributed by atoms with Crippen LogP contribution in [0.25, 0.3) is 0 Å². The van der Waals surface area contributed by atoms with Gasteiger partial charge in [-0.15, -0.1) is 0 Å². The van der Waals surface area contributed by atoms with E-state index in [1.807, 2.05) is 24.3 Å². The SMILES string of the molecule is CN(C)C(CNCc1ccccc1)c1ccccc1Cl. The molecule has 3 heteroatoms. The lowest BCUT2D eigenvalue weighted by Gasteiger charge is -2.26. The van der Waals surface area contributed by atoms with Gasteiger partial charge in [-0.05, 0) is 31.3 Å². The Balaban J connectivity index is 1.99. The van der Waals surface area contributed by atoms with E-state index in [0.29, 0.717) is 0 Å². The second-order valence-electron chi connectivity index (χ2n) is 5.12. The number of hydrogen-bond acceptors (Lipinski definition) is 2. The van der Waals surface area contributed by atoms with Crippen molar-refractivity contribution in [3.05, 3.63) is 70.7 Å². The largest absolute Gasteiger partial charge is 0.311 e. The van der Waals surface area contributed by atoms with E-state index in [0.717, 1.165) is 18.1 Å². The molecule has 0 spiro atoms. The van der Waals surface area contributed by atoms with Crippen molar-refractivity contribution in [2.45, 2.75) is 12.6 Å². The molecule has 0 fully saturated rings. The fourth-order valence-corrected chi connectivity index (χ4v) is 2.53. The predicted molar refractivity (Wildman–Crippen MR) is 86.0 cm³/mol. The van der Waals surface area contributed by atoms with Crippen LogP contribution in [0.3, 0.4) is 0 Å². The molecule has 0 radical (unpaired) electrons. The standard InChI is InChI=1S/C17H21ClN2/c1-20(2)17(15-10-6-7-11-16(15)18)13-19-12-14-8-4-3-5-9-14/h3-11,17,19H,12-13H2,1-2H3. The zero-order valence-corrected chi connectivity index (χ0v) is 12.8. The van der Waals surface area contributed by atoms with Crippen molar-refractivity contribution in [3.8, 4) is 0 Å². The Kier molecular flexibility index (Phi) is 5.60. The Morgan fingerprint density at radius 1 is 1.00 bits per heavy atom. The van der Waals surface area contributed by atoms with Crippen molar-refractivity contribution >= 4 is 11.6 Å². The summed E-state index contributed by atoms with van der Waals surface area (Å²) in [6.45, 7) is 1.74. The van der Waals surface area contributed by atoms with Crippen LogP contribution in [0.15, 0.2) is 54.6 Å². The summed E-state index contributed by atoms with van der Waals surface area (Å²) in [6, 6.07) is 18.7. The molecule has 0 saturated heterocycles. The minimum Gasteiger partial charge on any atom is -0.311 e. The van der Waals surface area contributed by atoms with Crippen LogP contribution in [-0.4, -0.2) is 25.5 Å². The van der Waals surface area contributed by atoms with Crippen molar-refractivity contribution in [3.63, 3.8) is 0 Å². The smallest absolute Gasteiger partial charge is 0.0481 e. The lowest BCUT2D eigenvalue weighted by Crippen LogP contribution is -2.31. The third-order valence-corrected chi connectivity index (χ3v) is 3.74. The molecule has 0 aliphatic heterocycles. The fourth-order valence-electron chi connectivity index (χ4n) is 2.27. The highest BCUT2D eigenvalue weighted by Crippen LogP contribution is 2.25. The first kappa shape index (κ1) is 15.0. The van der Waals surface area contributed by atoms with Gasteiger partial charge in [-0.1, -0.05) is 60.1 Å². The van der Waals surface area contributed by atoms with E-state index in [1.165, 1.54) is 11.1 Å². The molecule has 2 rings (SSSR count). The maximum atomic E-state index is 6.30. The van der Waals surface area contributed by atoms with Crippen molar-refractivity contribution in [1.29, 1.82) is 0 Å². The molecule has 0 aliphatic rings. The first-order valence-electron chi connectivity index (χ1n) is 6.84. The monoisotopic (exact) mass is 288 g/mol. The number of hydrogen-bond donors (Lipinski definition) is 1. The van der Waals surface area contributed by atoms with Gasteiger partial charge in [0.05, 0.1) is 0 Å². The maximum absolute atomic E-state index is 6.30. The first-order chi connectivity index (χ1) is 9.68. The summed E-state index contributed by atoms with van der Waals surface area (Å²) >= 11 is 6.30. The molecule has 0 aromatic heterocycles. The molecule has 1 N–H and O–H groups in total. The molecule has 0 amide bonds. The molecular formula is C17H21ClN2. The highest BCUT2D eigenvalue weighted by atomic mass is 35.5. The quantitative estimate of drug-likeness (QED) is 0.871. The topological polar surface area (TPSA) is 15.3 Å². The van der Waals surface area contributed by atoms with E-state index in [4.69, 9.17) is 11.6 Å². The zero-order valence-electron chi connectivity index (χ0n) is 12.0. The molecular weight excluding hydrogens is 268 g/mol. The zero-order chi connectivity index (χ0) is 14.4. The van der Waals surface area contributed by atoms with Crippen molar-refractivity contribution in [1.82, 2.24) is 10.2 Å². The number of halogens is 1. The van der Waals surface area contributed by atoms with Gasteiger partial charge in [0.2, 0.25) is 0 Å². The minimum absolute atomic E-state index is 0.271. The summed E-state index contributed by atoms with van der Waals surface area (Å²) in [6.07, 6.45) is 0. The molecule has 1 unspecified atom stereocenters. The van der Waals surface area contributed by atoms with Gasteiger partial charge in [0.15, 0.2) is 0 Å². The minimum atomic E-state index is 0.271. The van der Waals surface area contributed by atoms with Crippen LogP contribution in [0.2, 0.25) is 5.02 Å². The molecule has 2 nitrogen and oxygen atoms in total. The highest BCUT2D eigenvalue weighted by Gasteiger charge is 2.16. The molecule has 0 aliphatic carbocycles. The van der Waals surface area contributed by atoms with Crippen LogP contribution in [0, 0.1) is 0 Å². The average Bonchev–Trinajstić information content (AvgIpc) is 2.45. The Labute approximate surface area is 126 Å². The Morgan fingerprint density at radius 2 is 1.65 bits per heavy atom. The van der Waals surface area contributed by atoms with Gasteiger partial charge >= 0.3 is 0 Å². The molecule has 1 atom stereocenters. The highest BCUT2D eigenvalue weighted by molar-refractivity contribution is 6.31. The van der Waals surface area contributed by atoms with E-state index < -0.39 is 0 Å². The summed E-state index contributed by atoms with van der Waals surface area (Å²) in [4.78, 5) is 2.19. The molecule has 2 aromatic rings. The Morgan fingerprint density at radius 3 is 2.30 bits per heavy atom. The van der Waals surface area contributed by atoms with Gasteiger partial charge < -0.3 is 10.2 Å². The van der Waals surface area contributed by atoms with E-state index in [1.54, 1.807) is 0 Å². The third-order valence-electron chi connectivity index (χ3n) is 3.40. The third kappa shape index (κ3) is 4.07. The van der Waals surface area contributed by atoms with E-state index in [-0.39, 0.29) is 6.04 Å². The van der Waals surface area contributed by atoms with Gasteiger partial charge in [-0.3, -0.25) is 0 Å². The van der Waals surface area contributed by atoms with E-state index >= 15 is 0 Å². The second kappa shape index (κ2) is 7.44. The van der Waals surface area contributed by atoms with Crippen LogP contribution in [-0.2, 0) is 6.54 Å². The number of benzene rings is 2. The van der Waals surface area contributed by atoms with Crippen LogP contribution < -0.4 is 5.32 Å². The lowest BCUT2D eigenvalue weighted by molar-refractivity contribution is 0.288. The molecule has 0 saturated carbocycles. The molecule has 20 heavy (non-hydrogen) atoms. The van der Waals surface area contributed by atoms with Crippen molar-refractivity contribution in [2.75, 3.05) is 20.6 Å². The summed E-state index contributed by atoms with van der Waals surface area (Å²) in [5.74, 6) is 0. The number of nitrogens with one attached hydrogen (secondary N) is 1. The van der Waals surface area contributed by atoms with Crippen LogP contribution in [0.1, 0.15) is 17.2 Å². The van der Waals surface area contributed by atoms with Gasteiger partial charge in [0, 0.05) is 24.2 Å². The van der Waals surface area contributed by atoms with Gasteiger partial charge in [0.1, 0.15) is 0 Å². The van der Waals surface area contributed by atoms with Crippen molar-refractivity contribution < 1.29 is 0 Å². The summed E-state index contributed by atoms with van der Waals surface area (Å²) in [5.41, 5.74) is 2.46.